The van der Waals surface area contributed by atoms with Crippen molar-refractivity contribution in [2.45, 2.75) is 126 Å². The van der Waals surface area contributed by atoms with E-state index in [9.17, 15) is 5.11 Å². The van der Waals surface area contributed by atoms with E-state index in [2.05, 4.69) is 91.4 Å². The van der Waals surface area contributed by atoms with Gasteiger partial charge in [0.15, 0.2) is 0 Å². The van der Waals surface area contributed by atoms with Crippen molar-refractivity contribution in [1.82, 2.24) is 0 Å². The number of aromatic hydroxyl groups is 1. The van der Waals surface area contributed by atoms with Crippen LogP contribution < -0.4 is 0 Å². The number of aliphatic imine (C=N–C) groups is 2. The van der Waals surface area contributed by atoms with E-state index >= 15 is 0 Å². The van der Waals surface area contributed by atoms with Crippen molar-refractivity contribution in [2.24, 2.45) is 15.9 Å². The fourth-order valence-corrected chi connectivity index (χ4v) is 4.03. The smallest absolute Gasteiger partial charge is 0.266 e. The van der Waals surface area contributed by atoms with E-state index in [1.807, 2.05) is 39.1 Å². The normalized spacial score (nSPS) is 12.8. The molecule has 224 valence electrons. The SMILES string of the molecule is CCC(C)N=Cc1cc(CC(C)C)cc(C(C)(C)C)c1[OH2+].Cc1cc(C=NC(C)C)c(O)c(C(C)(C)C)c1.[CH3-].[Zr]. The fraction of sp³-hybridized carbons (Fsp3) is 0.571. The monoisotopic (exact) mass is 628 g/mol. The Morgan fingerprint density at radius 3 is 1.80 bits per heavy atom. The Morgan fingerprint density at radius 1 is 0.825 bits per heavy atom. The zero-order valence-electron chi connectivity index (χ0n) is 28.0. The van der Waals surface area contributed by atoms with Gasteiger partial charge in [-0.1, -0.05) is 68.4 Å². The quantitative estimate of drug-likeness (QED) is 0.185. The molecule has 40 heavy (non-hydrogen) atoms. The molecule has 0 aliphatic heterocycles. The molecule has 2 rings (SSSR count). The molecule has 0 heterocycles. The third-order valence-electron chi connectivity index (χ3n) is 6.34. The van der Waals surface area contributed by atoms with Gasteiger partial charge in [0.1, 0.15) is 5.75 Å². The molecule has 3 N–H and O–H groups in total. The van der Waals surface area contributed by atoms with Crippen LogP contribution in [0.3, 0.4) is 0 Å². The van der Waals surface area contributed by atoms with Crippen LogP contribution in [0.4, 0.5) is 0 Å². The van der Waals surface area contributed by atoms with Gasteiger partial charge >= 0.3 is 0 Å². The molecule has 0 spiro atoms. The molecule has 1 atom stereocenters. The van der Waals surface area contributed by atoms with Gasteiger partial charge in [-0.2, -0.15) is 0 Å². The molecule has 2 aromatic carbocycles. The molecule has 0 aliphatic carbocycles. The molecule has 5 heteroatoms. The van der Waals surface area contributed by atoms with Gasteiger partial charge in [0.05, 0.1) is 11.1 Å². The van der Waals surface area contributed by atoms with Crippen molar-refractivity contribution in [3.63, 3.8) is 0 Å². The number of phenols is 1. The summed E-state index contributed by atoms with van der Waals surface area (Å²) in [5.41, 5.74) is 6.25. The fourth-order valence-electron chi connectivity index (χ4n) is 4.03. The summed E-state index contributed by atoms with van der Waals surface area (Å²) >= 11 is 0. The average Bonchev–Trinajstić information content (AvgIpc) is 2.77. The van der Waals surface area contributed by atoms with Crippen LogP contribution in [-0.2, 0) is 43.5 Å². The Balaban J connectivity index is 0. The van der Waals surface area contributed by atoms with Crippen LogP contribution >= 0.6 is 0 Å². The zero-order chi connectivity index (χ0) is 29.4. The van der Waals surface area contributed by atoms with Crippen LogP contribution in [0.5, 0.6) is 11.5 Å². The van der Waals surface area contributed by atoms with E-state index in [0.717, 1.165) is 40.7 Å². The Morgan fingerprint density at radius 2 is 1.35 bits per heavy atom. The first-order valence-electron chi connectivity index (χ1n) is 14.2. The first-order chi connectivity index (χ1) is 17.4. The van der Waals surface area contributed by atoms with Crippen molar-refractivity contribution in [3.8, 4) is 11.5 Å². The summed E-state index contributed by atoms with van der Waals surface area (Å²) in [6.07, 6.45) is 5.74. The maximum absolute atomic E-state index is 10.3. The maximum Gasteiger partial charge on any atom is 0.266 e. The number of nitrogens with zero attached hydrogens (tertiary/aromatic N) is 2. The van der Waals surface area contributed by atoms with Crippen LogP contribution in [0, 0.1) is 20.3 Å². The molecule has 0 saturated carbocycles. The van der Waals surface area contributed by atoms with Gasteiger partial charge in [-0.05, 0) is 86.6 Å². The van der Waals surface area contributed by atoms with E-state index in [4.69, 9.17) is 5.11 Å². The largest absolute Gasteiger partial charge is 0.593 e. The molecule has 0 aromatic heterocycles. The molecular weight excluding hydrogens is 572 g/mol. The Labute approximate surface area is 266 Å². The van der Waals surface area contributed by atoms with Crippen LogP contribution in [0.15, 0.2) is 34.3 Å². The maximum atomic E-state index is 10.3. The standard InChI is InChI=1S/C19H31NO.C15H23NO.CH3.Zr/c1-8-14(4)20-12-16-10-15(9-13(2)3)11-17(18(16)21)19(5,6)7;1-10(2)16-9-12-7-11(3)8-13(14(12)17)15(4,5)6;;/h10-14,21H,8-9H2,1-7H3;7-10,17H,1-6H3;1H3;/q;;-1;/p+1. The van der Waals surface area contributed by atoms with Crippen LogP contribution in [0.25, 0.3) is 0 Å². The summed E-state index contributed by atoms with van der Waals surface area (Å²) in [6.45, 7) is 27.6. The van der Waals surface area contributed by atoms with E-state index in [0.29, 0.717) is 23.5 Å². The second-order valence-electron chi connectivity index (χ2n) is 13.4. The Bertz CT molecular complexity index is 1100. The Kier molecular flexibility index (Phi) is 17.4. The third-order valence-corrected chi connectivity index (χ3v) is 6.34. The minimum atomic E-state index is -0.0590. The van der Waals surface area contributed by atoms with Crippen molar-refractivity contribution >= 4 is 12.4 Å². The van der Waals surface area contributed by atoms with Gasteiger partial charge in [0, 0.05) is 61.8 Å². The predicted octanol–water partition coefficient (Wildman–Crippen LogP) is 9.11. The molecule has 0 aliphatic rings. The Hall–Kier alpha value is -1.74. The summed E-state index contributed by atoms with van der Waals surface area (Å²) in [5.74, 6) is 1.60. The molecule has 0 amide bonds. The van der Waals surface area contributed by atoms with E-state index in [1.54, 1.807) is 6.21 Å². The first kappa shape index (κ1) is 40.4. The zero-order valence-corrected chi connectivity index (χ0v) is 30.4. The van der Waals surface area contributed by atoms with Crippen LogP contribution in [0.1, 0.15) is 123 Å². The predicted molar refractivity (Wildman–Crippen MR) is 175 cm³/mol. The van der Waals surface area contributed by atoms with E-state index < -0.39 is 0 Å². The minimum absolute atomic E-state index is 0. The van der Waals surface area contributed by atoms with Crippen molar-refractivity contribution in [1.29, 1.82) is 0 Å². The summed E-state index contributed by atoms with van der Waals surface area (Å²) in [6, 6.07) is 8.93. The second kappa shape index (κ2) is 17.3. The molecule has 0 radical (unpaired) electrons. The van der Waals surface area contributed by atoms with Gasteiger partial charge in [0.2, 0.25) is 0 Å². The molecule has 1 unspecified atom stereocenters. The van der Waals surface area contributed by atoms with Crippen molar-refractivity contribution in [2.75, 3.05) is 0 Å². The summed E-state index contributed by atoms with van der Waals surface area (Å²) in [4.78, 5) is 8.91. The number of phenolic OH excluding ortho intramolecular Hbond substituents is 1. The first-order valence-corrected chi connectivity index (χ1v) is 14.2. The average molecular weight is 630 g/mol. The van der Waals surface area contributed by atoms with E-state index in [1.165, 1.54) is 5.56 Å². The number of aryl methyl sites for hydroxylation is 1. The third kappa shape index (κ3) is 13.3. The molecule has 0 fully saturated rings. The minimum Gasteiger partial charge on any atom is -0.593 e. The summed E-state index contributed by atoms with van der Waals surface area (Å²) < 4.78 is 0. The number of rotatable bonds is 7. The van der Waals surface area contributed by atoms with Gasteiger partial charge in [0.25, 0.3) is 5.75 Å². The van der Waals surface area contributed by atoms with Gasteiger partial charge in [-0.15, -0.1) is 0 Å². The topological polar surface area (TPSA) is 67.8 Å². The number of hydrogen-bond donors (Lipinski definition) is 1. The summed E-state index contributed by atoms with van der Waals surface area (Å²) in [5, 5.41) is 18.8. The van der Waals surface area contributed by atoms with Crippen LogP contribution in [0.2, 0.25) is 0 Å². The van der Waals surface area contributed by atoms with E-state index in [-0.39, 0.29) is 50.5 Å². The van der Waals surface area contributed by atoms with Crippen LogP contribution in [-0.4, -0.2) is 34.7 Å². The second-order valence-corrected chi connectivity index (χ2v) is 13.4. The van der Waals surface area contributed by atoms with Gasteiger partial charge < -0.3 is 17.6 Å². The number of hydrogen-bond acceptors (Lipinski definition) is 3. The van der Waals surface area contributed by atoms with Crippen molar-refractivity contribution < 1.29 is 36.4 Å². The molecular formula is C35H58N2O2Zr. The van der Waals surface area contributed by atoms with Gasteiger partial charge in [-0.25, -0.2) is 0 Å². The van der Waals surface area contributed by atoms with Gasteiger partial charge in [-0.3, -0.25) is 9.98 Å². The summed E-state index contributed by atoms with van der Waals surface area (Å²) in [7, 11) is 0. The molecule has 0 bridgehead atoms. The number of benzene rings is 2. The molecule has 2 aromatic rings. The molecule has 0 saturated heterocycles. The molecule has 4 nitrogen and oxygen atoms in total. The van der Waals surface area contributed by atoms with Crippen molar-refractivity contribution in [3.05, 3.63) is 65.1 Å².